The molecule has 0 aromatic carbocycles. The zero-order valence-corrected chi connectivity index (χ0v) is 8.97. The van der Waals surface area contributed by atoms with Crippen molar-refractivity contribution < 1.29 is 0 Å². The minimum atomic E-state index is 0.331. The minimum absolute atomic E-state index is 0.331. The highest BCUT2D eigenvalue weighted by atomic mass is 32.2. The lowest BCUT2D eigenvalue weighted by molar-refractivity contribution is 0.579. The van der Waals surface area contributed by atoms with E-state index in [9.17, 15) is 0 Å². The van der Waals surface area contributed by atoms with Crippen LogP contribution in [0.25, 0.3) is 0 Å². The van der Waals surface area contributed by atoms with Crippen LogP contribution in [0.1, 0.15) is 17.4 Å². The van der Waals surface area contributed by atoms with Gasteiger partial charge in [-0.15, -0.1) is 0 Å². The van der Waals surface area contributed by atoms with Gasteiger partial charge < -0.3 is 11.1 Å². The first-order valence-corrected chi connectivity index (χ1v) is 5.83. The maximum Gasteiger partial charge on any atom is 0.220 e. The number of anilines is 1. The third-order valence-corrected chi connectivity index (χ3v) is 3.23. The van der Waals surface area contributed by atoms with Crippen LogP contribution in [0.4, 0.5) is 5.95 Å². The molecular weight excluding hydrogens is 196 g/mol. The van der Waals surface area contributed by atoms with Crippen LogP contribution in [0.15, 0.2) is 6.07 Å². The van der Waals surface area contributed by atoms with E-state index in [1.165, 1.54) is 5.75 Å². The number of nitrogen functional groups attached to an aromatic ring is 1. The van der Waals surface area contributed by atoms with E-state index in [1.54, 1.807) is 0 Å². The third-order valence-electron chi connectivity index (χ3n) is 2.17. The largest absolute Gasteiger partial charge is 0.368 e. The molecule has 1 fully saturated rings. The van der Waals surface area contributed by atoms with Crippen LogP contribution in [0, 0.1) is 6.92 Å². The van der Waals surface area contributed by atoms with Gasteiger partial charge in [-0.2, -0.15) is 11.8 Å². The van der Waals surface area contributed by atoms with Crippen molar-refractivity contribution in [1.29, 1.82) is 0 Å². The molecule has 2 rings (SSSR count). The Morgan fingerprint density at radius 3 is 3.07 bits per heavy atom. The van der Waals surface area contributed by atoms with Gasteiger partial charge >= 0.3 is 0 Å². The van der Waals surface area contributed by atoms with E-state index in [2.05, 4.69) is 15.3 Å². The van der Waals surface area contributed by atoms with Gasteiger partial charge in [-0.25, -0.2) is 9.97 Å². The van der Waals surface area contributed by atoms with Gasteiger partial charge in [0.2, 0.25) is 5.95 Å². The Bertz CT molecular complexity index is 302. The van der Waals surface area contributed by atoms with E-state index in [0.29, 0.717) is 12.0 Å². The van der Waals surface area contributed by atoms with Crippen LogP contribution in [0.3, 0.4) is 0 Å². The van der Waals surface area contributed by atoms with E-state index < -0.39 is 0 Å². The van der Waals surface area contributed by atoms with E-state index in [-0.39, 0.29) is 0 Å². The number of thioether (sulfide) groups is 1. The van der Waals surface area contributed by atoms with Gasteiger partial charge in [0.25, 0.3) is 0 Å². The average molecular weight is 210 g/mol. The van der Waals surface area contributed by atoms with Crippen LogP contribution in [-0.2, 0) is 0 Å². The van der Waals surface area contributed by atoms with Crippen molar-refractivity contribution in [1.82, 2.24) is 15.3 Å². The van der Waals surface area contributed by atoms with Gasteiger partial charge in [0.15, 0.2) is 0 Å². The quantitative estimate of drug-likeness (QED) is 0.716. The second kappa shape index (κ2) is 4.14. The predicted molar refractivity (Wildman–Crippen MR) is 59.3 cm³/mol. The summed E-state index contributed by atoms with van der Waals surface area (Å²) in [5.41, 5.74) is 7.56. The molecule has 1 atom stereocenters. The van der Waals surface area contributed by atoms with Crippen LogP contribution in [0.2, 0.25) is 0 Å². The lowest BCUT2D eigenvalue weighted by atomic mass is 10.2. The number of nitrogens with zero attached hydrogens (tertiary/aromatic N) is 2. The van der Waals surface area contributed by atoms with Crippen molar-refractivity contribution in [2.24, 2.45) is 0 Å². The van der Waals surface area contributed by atoms with Crippen molar-refractivity contribution in [2.75, 3.05) is 23.8 Å². The lowest BCUT2D eigenvalue weighted by Gasteiger charge is -2.22. The molecule has 1 saturated heterocycles. The Hall–Kier alpha value is -0.810. The number of hydrogen-bond donors (Lipinski definition) is 2. The molecule has 5 heteroatoms. The van der Waals surface area contributed by atoms with Crippen molar-refractivity contribution in [3.63, 3.8) is 0 Å². The summed E-state index contributed by atoms with van der Waals surface area (Å²) in [4.78, 5) is 8.31. The summed E-state index contributed by atoms with van der Waals surface area (Å²) < 4.78 is 0. The second-order valence-corrected chi connectivity index (χ2v) is 4.52. The number of rotatable bonds is 1. The zero-order valence-electron chi connectivity index (χ0n) is 8.16. The fourth-order valence-electron chi connectivity index (χ4n) is 1.55. The number of aromatic nitrogens is 2. The Labute approximate surface area is 87.7 Å². The Kier molecular flexibility index (Phi) is 2.88. The summed E-state index contributed by atoms with van der Waals surface area (Å²) in [7, 11) is 0. The summed E-state index contributed by atoms with van der Waals surface area (Å²) in [5.74, 6) is 2.61. The molecule has 1 aliphatic rings. The molecule has 2 heterocycles. The van der Waals surface area contributed by atoms with E-state index in [1.807, 2.05) is 24.8 Å². The van der Waals surface area contributed by atoms with Crippen molar-refractivity contribution in [2.45, 2.75) is 13.0 Å². The molecule has 0 bridgehead atoms. The standard InChI is InChI=1S/C9H14N4S/c1-6-4-7(13-9(10)12-6)8-5-14-3-2-11-8/h4,8,11H,2-3,5H2,1H3,(H2,10,12,13). The molecule has 3 N–H and O–H groups in total. The Morgan fingerprint density at radius 1 is 1.57 bits per heavy atom. The summed E-state index contributed by atoms with van der Waals surface area (Å²) in [6.45, 7) is 2.98. The molecule has 0 saturated carbocycles. The molecule has 0 aliphatic carbocycles. The van der Waals surface area contributed by atoms with Gasteiger partial charge in [0, 0.05) is 23.7 Å². The highest BCUT2D eigenvalue weighted by Gasteiger charge is 2.16. The highest BCUT2D eigenvalue weighted by molar-refractivity contribution is 7.99. The van der Waals surface area contributed by atoms with Gasteiger partial charge in [-0.1, -0.05) is 0 Å². The highest BCUT2D eigenvalue weighted by Crippen LogP contribution is 2.20. The monoisotopic (exact) mass is 210 g/mol. The normalized spacial score (nSPS) is 22.2. The first-order valence-electron chi connectivity index (χ1n) is 4.68. The maximum absolute atomic E-state index is 5.61. The molecule has 0 spiro atoms. The summed E-state index contributed by atoms with van der Waals surface area (Å²) in [6, 6.07) is 2.33. The Morgan fingerprint density at radius 2 is 2.43 bits per heavy atom. The minimum Gasteiger partial charge on any atom is -0.368 e. The van der Waals surface area contributed by atoms with E-state index >= 15 is 0 Å². The molecule has 1 aromatic rings. The van der Waals surface area contributed by atoms with Gasteiger partial charge in [-0.05, 0) is 13.0 Å². The molecule has 4 nitrogen and oxygen atoms in total. The summed E-state index contributed by atoms with van der Waals surface area (Å²) in [5, 5.41) is 3.42. The molecule has 0 amide bonds. The summed E-state index contributed by atoms with van der Waals surface area (Å²) in [6.07, 6.45) is 0. The third kappa shape index (κ3) is 2.16. The maximum atomic E-state index is 5.61. The molecule has 0 radical (unpaired) electrons. The zero-order chi connectivity index (χ0) is 9.97. The molecule has 1 aliphatic heterocycles. The first-order chi connectivity index (χ1) is 6.75. The smallest absolute Gasteiger partial charge is 0.220 e. The number of hydrogen-bond acceptors (Lipinski definition) is 5. The fraction of sp³-hybridized carbons (Fsp3) is 0.556. The van der Waals surface area contributed by atoms with Crippen molar-refractivity contribution in [3.05, 3.63) is 17.5 Å². The fourth-order valence-corrected chi connectivity index (χ4v) is 2.50. The van der Waals surface area contributed by atoms with Crippen LogP contribution < -0.4 is 11.1 Å². The van der Waals surface area contributed by atoms with Crippen molar-refractivity contribution >= 4 is 17.7 Å². The number of aryl methyl sites for hydroxylation is 1. The van der Waals surface area contributed by atoms with Crippen LogP contribution >= 0.6 is 11.8 Å². The number of nitrogens with one attached hydrogen (secondary N) is 1. The van der Waals surface area contributed by atoms with Gasteiger partial charge in [-0.3, -0.25) is 0 Å². The van der Waals surface area contributed by atoms with Crippen LogP contribution in [-0.4, -0.2) is 28.0 Å². The Balaban J connectivity index is 2.21. The first kappa shape index (κ1) is 9.73. The molecule has 1 unspecified atom stereocenters. The molecule has 1 aromatic heterocycles. The van der Waals surface area contributed by atoms with Gasteiger partial charge in [0.05, 0.1) is 11.7 Å². The molecule has 14 heavy (non-hydrogen) atoms. The second-order valence-electron chi connectivity index (χ2n) is 3.37. The number of nitrogens with two attached hydrogens (primary N) is 1. The van der Waals surface area contributed by atoms with E-state index in [0.717, 1.165) is 23.7 Å². The molecule has 76 valence electrons. The molecular formula is C9H14N4S. The predicted octanol–water partition coefficient (Wildman–Crippen LogP) is 0.745. The lowest BCUT2D eigenvalue weighted by Crippen LogP contribution is -2.31. The summed E-state index contributed by atoms with van der Waals surface area (Å²) >= 11 is 1.95. The van der Waals surface area contributed by atoms with Gasteiger partial charge in [0.1, 0.15) is 0 Å². The SMILES string of the molecule is Cc1cc(C2CSCCN2)nc(N)n1. The van der Waals surface area contributed by atoms with E-state index in [4.69, 9.17) is 5.73 Å². The average Bonchev–Trinajstić information content (AvgIpc) is 2.18. The van der Waals surface area contributed by atoms with Crippen LogP contribution in [0.5, 0.6) is 0 Å². The van der Waals surface area contributed by atoms with Crippen molar-refractivity contribution in [3.8, 4) is 0 Å². The topological polar surface area (TPSA) is 63.8 Å².